The normalized spacial score (nSPS) is 25.9. The molecule has 3 N–H and O–H groups in total. The molecule has 1 aromatic heterocycles. The minimum Gasteiger partial charge on any atom is -0.508 e. The van der Waals surface area contributed by atoms with Gasteiger partial charge in [0.1, 0.15) is 17.7 Å². The van der Waals surface area contributed by atoms with Gasteiger partial charge in [-0.25, -0.2) is 4.39 Å². The fourth-order valence-electron chi connectivity index (χ4n) is 7.29. The fraction of sp³-hybridized carbons (Fsp3) is 0.576. The van der Waals surface area contributed by atoms with Crippen molar-refractivity contribution in [2.45, 2.75) is 69.4 Å². The number of carbonyl (C=O) groups is 1. The van der Waals surface area contributed by atoms with Gasteiger partial charge >= 0.3 is 6.01 Å². The lowest BCUT2D eigenvalue weighted by Crippen LogP contribution is -2.37. The number of carbonyl (C=O) groups excluding carboxylic acids is 1. The number of nitrogens with two attached hydrogens (primary N) is 1. The molecule has 5 heterocycles. The summed E-state index contributed by atoms with van der Waals surface area (Å²) < 4.78 is 24.6. The lowest BCUT2D eigenvalue weighted by atomic mass is 9.86. The van der Waals surface area contributed by atoms with Gasteiger partial charge < -0.3 is 30.1 Å². The molecule has 12 heteroatoms. The molecule has 242 valence electrons. The average molecular weight is 622 g/mol. The summed E-state index contributed by atoms with van der Waals surface area (Å²) in [6.45, 7) is 4.03. The Labute approximate surface area is 263 Å². The Morgan fingerprint density at radius 2 is 2.11 bits per heavy atom. The summed E-state index contributed by atoms with van der Waals surface area (Å²) >= 11 is 0. The van der Waals surface area contributed by atoms with Crippen LogP contribution in [-0.2, 0) is 34.6 Å². The number of benzene rings is 1. The number of phenolic OH excluding ortho intramolecular Hbond substituents is 1. The predicted molar refractivity (Wildman–Crippen MR) is 169 cm³/mol. The maximum atomic E-state index is 12.6. The number of fused-ring (bicyclic) bond motifs is 4. The Morgan fingerprint density at radius 1 is 1.27 bits per heavy atom. The van der Waals surface area contributed by atoms with Crippen LogP contribution in [0.5, 0.6) is 11.8 Å². The molecular formula is C33H44FN7O4. The van der Waals surface area contributed by atoms with E-state index in [-0.39, 0.29) is 17.4 Å². The molecule has 1 amide bonds. The van der Waals surface area contributed by atoms with Gasteiger partial charge in [0.15, 0.2) is 0 Å². The van der Waals surface area contributed by atoms with E-state index in [1.54, 1.807) is 33.3 Å². The number of methoxy groups -OCH3 is 1. The number of nitrogens with zero attached hydrogens (tertiary/aromatic N) is 6. The molecule has 0 bridgehead atoms. The topological polar surface area (TPSA) is 130 Å². The minimum absolute atomic E-state index is 0.149. The molecule has 11 nitrogen and oxygen atoms in total. The number of likely N-dealkylation sites (N-methyl/N-ethyl adjacent to an activating group) is 1. The van der Waals surface area contributed by atoms with Gasteiger partial charge in [-0.1, -0.05) is 6.07 Å². The van der Waals surface area contributed by atoms with Gasteiger partial charge in [-0.05, 0) is 74.4 Å². The number of aromatic nitrogens is 2. The minimum atomic E-state index is -0.521. The summed E-state index contributed by atoms with van der Waals surface area (Å²) in [5, 5.41) is 10.1. The number of ether oxygens (including phenoxy) is 2. The van der Waals surface area contributed by atoms with E-state index in [1.807, 2.05) is 12.1 Å². The van der Waals surface area contributed by atoms with Crippen LogP contribution < -0.4 is 15.4 Å². The second kappa shape index (κ2) is 12.9. The zero-order valence-electron chi connectivity index (χ0n) is 26.5. The van der Waals surface area contributed by atoms with Crippen molar-refractivity contribution in [1.29, 1.82) is 0 Å². The van der Waals surface area contributed by atoms with Crippen molar-refractivity contribution < 1.29 is 23.8 Å². The number of anilines is 1. The van der Waals surface area contributed by atoms with Gasteiger partial charge in [0.05, 0.1) is 43.0 Å². The molecule has 4 aliphatic heterocycles. The van der Waals surface area contributed by atoms with Gasteiger partial charge in [-0.2, -0.15) is 9.97 Å². The largest absolute Gasteiger partial charge is 0.508 e. The third-order valence-electron chi connectivity index (χ3n) is 9.55. The lowest BCUT2D eigenvalue weighted by Gasteiger charge is -2.37. The Kier molecular flexibility index (Phi) is 8.96. The van der Waals surface area contributed by atoms with Crippen molar-refractivity contribution in [2.24, 2.45) is 10.7 Å². The first kappa shape index (κ1) is 31.2. The second-order valence-corrected chi connectivity index (χ2v) is 12.8. The smallest absolute Gasteiger partial charge is 0.318 e. The molecule has 3 unspecified atom stereocenters. The Morgan fingerprint density at radius 3 is 2.89 bits per heavy atom. The zero-order valence-corrected chi connectivity index (χ0v) is 26.5. The van der Waals surface area contributed by atoms with E-state index < -0.39 is 11.8 Å². The van der Waals surface area contributed by atoms with Crippen LogP contribution in [0.3, 0.4) is 0 Å². The number of aryl methyl sites for hydroxylation is 1. The van der Waals surface area contributed by atoms with Crippen LogP contribution in [0.25, 0.3) is 0 Å². The summed E-state index contributed by atoms with van der Waals surface area (Å²) in [5.41, 5.74) is 10.4. The number of aromatic hydroxyl groups is 1. The number of amides is 1. The van der Waals surface area contributed by atoms with Crippen LogP contribution in [-0.4, -0.2) is 103 Å². The molecule has 5 aliphatic rings. The van der Waals surface area contributed by atoms with Crippen molar-refractivity contribution in [3.8, 4) is 11.8 Å². The molecule has 1 aromatic carbocycles. The van der Waals surface area contributed by atoms with Crippen LogP contribution in [0.2, 0.25) is 0 Å². The van der Waals surface area contributed by atoms with Gasteiger partial charge in [0.2, 0.25) is 0 Å². The van der Waals surface area contributed by atoms with E-state index in [0.29, 0.717) is 44.7 Å². The number of aliphatic imine (C=N–C) groups is 1. The summed E-state index contributed by atoms with van der Waals surface area (Å²) in [6, 6.07) is 6.43. The summed E-state index contributed by atoms with van der Waals surface area (Å²) in [4.78, 5) is 32.2. The van der Waals surface area contributed by atoms with Crippen LogP contribution >= 0.6 is 0 Å². The van der Waals surface area contributed by atoms with Crippen molar-refractivity contribution in [3.05, 3.63) is 52.4 Å². The number of rotatable bonds is 4. The Balaban J connectivity index is 0.000000337. The van der Waals surface area contributed by atoms with Gasteiger partial charge in [-0.3, -0.25) is 14.7 Å². The summed E-state index contributed by atoms with van der Waals surface area (Å²) in [7, 11) is 4.90. The highest BCUT2D eigenvalue weighted by Crippen LogP contribution is 2.48. The average Bonchev–Trinajstić information content (AvgIpc) is 3.64. The molecule has 45 heavy (non-hydrogen) atoms. The fourth-order valence-corrected chi connectivity index (χ4v) is 7.29. The van der Waals surface area contributed by atoms with Crippen LogP contribution in [0.4, 0.5) is 10.2 Å². The van der Waals surface area contributed by atoms with Crippen molar-refractivity contribution >= 4 is 17.4 Å². The maximum absolute atomic E-state index is 12.6. The van der Waals surface area contributed by atoms with Crippen LogP contribution in [0.1, 0.15) is 54.5 Å². The third-order valence-corrected chi connectivity index (χ3v) is 9.55. The maximum Gasteiger partial charge on any atom is 0.318 e. The Bertz CT molecular complexity index is 1490. The zero-order chi connectivity index (χ0) is 31.7. The molecular weight excluding hydrogens is 577 g/mol. The van der Waals surface area contributed by atoms with Crippen molar-refractivity contribution in [3.63, 3.8) is 0 Å². The molecule has 2 fully saturated rings. The number of alkyl halides is 1. The second-order valence-electron chi connectivity index (χ2n) is 12.8. The first-order valence-corrected chi connectivity index (χ1v) is 15.9. The lowest BCUT2D eigenvalue weighted by molar-refractivity contribution is -0.124. The summed E-state index contributed by atoms with van der Waals surface area (Å²) in [5.74, 6) is 0.735. The highest BCUT2D eigenvalue weighted by Gasteiger charge is 2.45. The molecule has 2 saturated heterocycles. The van der Waals surface area contributed by atoms with E-state index >= 15 is 0 Å². The molecule has 3 atom stereocenters. The van der Waals surface area contributed by atoms with E-state index in [0.717, 1.165) is 67.1 Å². The SMILES string of the molecule is COc1nc2c(c(N3CCCN=C(/C=C(\N)C(=O)N(C)C)C3)n1)COC1(CCc3ccc(O)cc31)C2.FC1CC2CCCN2C1. The number of halogens is 1. The molecule has 1 aliphatic carbocycles. The van der Waals surface area contributed by atoms with E-state index in [2.05, 4.69) is 14.8 Å². The van der Waals surface area contributed by atoms with E-state index in [9.17, 15) is 14.3 Å². The van der Waals surface area contributed by atoms with Crippen LogP contribution in [0, 0.1) is 0 Å². The quantitative estimate of drug-likeness (QED) is 0.495. The predicted octanol–water partition coefficient (Wildman–Crippen LogP) is 2.88. The highest BCUT2D eigenvalue weighted by atomic mass is 19.1. The molecule has 7 rings (SSSR count). The van der Waals surface area contributed by atoms with Gasteiger partial charge in [0, 0.05) is 51.8 Å². The standard InChI is InChI=1S/C26H32N6O4.C7H12FN/c1-31(2)24(34)21(27)11-17-14-32(10-4-9-28-17)23-19-15-36-26(13-22(19)29-25(30-23)35-3)8-7-16-5-6-18(33)12-20(16)26;8-6-4-7-2-1-3-9(7)5-6/h5-6,11-12,33H,4,7-10,13-15,27H2,1-3H3;6-7H,1-5H2/b21-11-;. The van der Waals surface area contributed by atoms with Crippen molar-refractivity contribution in [1.82, 2.24) is 19.8 Å². The molecule has 0 saturated carbocycles. The van der Waals surface area contributed by atoms with E-state index in [4.69, 9.17) is 25.2 Å². The van der Waals surface area contributed by atoms with Gasteiger partial charge in [0.25, 0.3) is 5.91 Å². The third kappa shape index (κ3) is 6.48. The summed E-state index contributed by atoms with van der Waals surface area (Å²) in [6.07, 6.45) is 7.59. The van der Waals surface area contributed by atoms with Crippen molar-refractivity contribution in [2.75, 3.05) is 58.8 Å². The first-order chi connectivity index (χ1) is 21.7. The molecule has 0 radical (unpaired) electrons. The molecule has 2 aromatic rings. The number of phenols is 1. The Hall–Kier alpha value is -3.77. The number of hydrogen-bond donors (Lipinski definition) is 2. The van der Waals surface area contributed by atoms with Crippen LogP contribution in [0.15, 0.2) is 35.0 Å². The van der Waals surface area contributed by atoms with E-state index in [1.165, 1.54) is 23.3 Å². The number of hydrogen-bond acceptors (Lipinski definition) is 10. The highest BCUT2D eigenvalue weighted by molar-refractivity contribution is 6.05. The first-order valence-electron chi connectivity index (χ1n) is 15.9. The van der Waals surface area contributed by atoms with Gasteiger partial charge in [-0.15, -0.1) is 0 Å². The monoisotopic (exact) mass is 621 g/mol. The molecule has 1 spiro atoms.